The quantitative estimate of drug-likeness (QED) is 0.463. The third-order valence-corrected chi connectivity index (χ3v) is 8.36. The standard InChI is InChI=1S/C30H34FNO5/c1-19-23-10-12-26(36-18-21-7-3-4-9-25(21)31)20(2)28(23)37-29(34)24(19)11-13-27(33)32-16-15-30(35)14-6-5-8-22(30)17-32/h3-4,7,9-10,12,22,35H,5-6,8,11,13-18H2,1-2H3/t22-,30-/m0/s1. The summed E-state index contributed by atoms with van der Waals surface area (Å²) in [7, 11) is 0. The van der Waals surface area contributed by atoms with Crippen LogP contribution >= 0.6 is 0 Å². The number of aryl methyl sites for hydroxylation is 2. The van der Waals surface area contributed by atoms with Crippen LogP contribution in [0.15, 0.2) is 45.6 Å². The molecule has 1 aromatic heterocycles. The van der Waals surface area contributed by atoms with Crippen molar-refractivity contribution >= 4 is 16.9 Å². The molecule has 37 heavy (non-hydrogen) atoms. The molecule has 0 unspecified atom stereocenters. The molecular weight excluding hydrogens is 473 g/mol. The summed E-state index contributed by atoms with van der Waals surface area (Å²) < 4.78 is 25.5. The van der Waals surface area contributed by atoms with Crippen LogP contribution in [-0.4, -0.2) is 34.6 Å². The van der Waals surface area contributed by atoms with Gasteiger partial charge in [0.05, 0.1) is 5.60 Å². The Balaban J connectivity index is 1.29. The number of ether oxygens (including phenoxy) is 1. The lowest BCUT2D eigenvalue weighted by Crippen LogP contribution is -2.54. The van der Waals surface area contributed by atoms with Crippen molar-refractivity contribution in [1.29, 1.82) is 0 Å². The minimum atomic E-state index is -0.624. The number of fused-ring (bicyclic) bond motifs is 2. The van der Waals surface area contributed by atoms with Crippen LogP contribution in [0.2, 0.25) is 0 Å². The van der Waals surface area contributed by atoms with Gasteiger partial charge in [0.25, 0.3) is 0 Å². The average molecular weight is 508 g/mol. The fourth-order valence-corrected chi connectivity index (χ4v) is 5.97. The summed E-state index contributed by atoms with van der Waals surface area (Å²) in [5, 5.41) is 11.7. The van der Waals surface area contributed by atoms with Gasteiger partial charge in [-0.3, -0.25) is 4.79 Å². The van der Waals surface area contributed by atoms with Gasteiger partial charge in [-0.05, 0) is 63.3 Å². The van der Waals surface area contributed by atoms with Crippen molar-refractivity contribution < 1.29 is 23.4 Å². The molecule has 2 fully saturated rings. The highest BCUT2D eigenvalue weighted by Crippen LogP contribution is 2.40. The Morgan fingerprint density at radius 1 is 1.16 bits per heavy atom. The van der Waals surface area contributed by atoms with Gasteiger partial charge in [-0.2, -0.15) is 0 Å². The van der Waals surface area contributed by atoms with Crippen molar-refractivity contribution in [3.05, 3.63) is 74.9 Å². The molecule has 1 N–H and O–H groups in total. The summed E-state index contributed by atoms with van der Waals surface area (Å²) >= 11 is 0. The molecule has 2 heterocycles. The molecule has 1 aliphatic carbocycles. The molecule has 1 aliphatic heterocycles. The van der Waals surface area contributed by atoms with Crippen molar-refractivity contribution in [2.75, 3.05) is 13.1 Å². The maximum Gasteiger partial charge on any atom is 0.339 e. The second kappa shape index (κ2) is 10.3. The third kappa shape index (κ3) is 5.01. The highest BCUT2D eigenvalue weighted by Gasteiger charge is 2.43. The van der Waals surface area contributed by atoms with Crippen molar-refractivity contribution in [3.63, 3.8) is 0 Å². The first-order valence-electron chi connectivity index (χ1n) is 13.2. The van der Waals surface area contributed by atoms with E-state index in [-0.39, 0.29) is 30.7 Å². The van der Waals surface area contributed by atoms with Crippen molar-refractivity contribution in [2.45, 2.75) is 71.0 Å². The van der Waals surface area contributed by atoms with E-state index in [0.717, 1.165) is 36.6 Å². The molecular formula is C30H34FNO5. The normalized spacial score (nSPS) is 21.6. The summed E-state index contributed by atoms with van der Waals surface area (Å²) in [6.07, 6.45) is 5.09. The number of carbonyl (C=O) groups is 1. The number of carbonyl (C=O) groups excluding carboxylic acids is 1. The SMILES string of the molecule is Cc1c(CCC(=O)N2CC[C@@]3(O)CCCC[C@H]3C2)c(=O)oc2c(C)c(OCc3ccccc3F)ccc12. The number of hydrogen-bond donors (Lipinski definition) is 1. The van der Waals surface area contributed by atoms with Crippen LogP contribution in [0, 0.1) is 25.6 Å². The minimum absolute atomic E-state index is 0.0135. The van der Waals surface area contributed by atoms with Crippen LogP contribution in [0.3, 0.4) is 0 Å². The Kier molecular flexibility index (Phi) is 7.08. The number of likely N-dealkylation sites (tertiary alicyclic amines) is 1. The molecule has 0 bridgehead atoms. The van der Waals surface area contributed by atoms with E-state index in [9.17, 15) is 19.1 Å². The number of amides is 1. The molecule has 1 amide bonds. The first-order chi connectivity index (χ1) is 17.8. The first kappa shape index (κ1) is 25.5. The predicted octanol–water partition coefficient (Wildman–Crippen LogP) is 5.21. The number of benzene rings is 2. The van der Waals surface area contributed by atoms with E-state index in [4.69, 9.17) is 9.15 Å². The molecule has 2 aliphatic rings. The Hall–Kier alpha value is -3.19. The van der Waals surface area contributed by atoms with Gasteiger partial charge in [0.2, 0.25) is 5.91 Å². The average Bonchev–Trinajstić information content (AvgIpc) is 2.88. The largest absolute Gasteiger partial charge is 0.488 e. The summed E-state index contributed by atoms with van der Waals surface area (Å²) in [6, 6.07) is 10.1. The van der Waals surface area contributed by atoms with Crippen LogP contribution < -0.4 is 10.4 Å². The monoisotopic (exact) mass is 507 g/mol. The molecule has 0 spiro atoms. The van der Waals surface area contributed by atoms with E-state index in [1.54, 1.807) is 24.3 Å². The lowest BCUT2D eigenvalue weighted by Gasteiger charge is -2.47. The Labute approximate surface area is 216 Å². The number of nitrogens with zero attached hydrogens (tertiary/aromatic N) is 1. The topological polar surface area (TPSA) is 80.0 Å². The number of hydrogen-bond acceptors (Lipinski definition) is 5. The second-order valence-corrected chi connectivity index (χ2v) is 10.6. The maximum absolute atomic E-state index is 14.0. The van der Waals surface area contributed by atoms with Crippen LogP contribution in [0.1, 0.15) is 60.8 Å². The fraction of sp³-hybridized carbons (Fsp3) is 0.467. The zero-order valence-electron chi connectivity index (χ0n) is 21.5. The minimum Gasteiger partial charge on any atom is -0.488 e. The first-order valence-corrected chi connectivity index (χ1v) is 13.2. The van der Waals surface area contributed by atoms with Gasteiger partial charge in [0.1, 0.15) is 23.8 Å². The number of piperidine rings is 1. The smallest absolute Gasteiger partial charge is 0.339 e. The van der Waals surface area contributed by atoms with Crippen LogP contribution in [0.4, 0.5) is 4.39 Å². The summed E-state index contributed by atoms with van der Waals surface area (Å²) in [5.74, 6) is 0.347. The Bertz CT molecular complexity index is 1380. The van der Waals surface area contributed by atoms with Gasteiger partial charge in [0.15, 0.2) is 0 Å². The van der Waals surface area contributed by atoms with Crippen LogP contribution in [-0.2, 0) is 17.8 Å². The van der Waals surface area contributed by atoms with Gasteiger partial charge in [0, 0.05) is 47.5 Å². The van der Waals surface area contributed by atoms with E-state index < -0.39 is 11.2 Å². The van der Waals surface area contributed by atoms with E-state index >= 15 is 0 Å². The zero-order chi connectivity index (χ0) is 26.2. The van der Waals surface area contributed by atoms with Crippen molar-refractivity contribution in [2.24, 2.45) is 5.92 Å². The van der Waals surface area contributed by atoms with Gasteiger partial charge in [-0.1, -0.05) is 31.0 Å². The fourth-order valence-electron chi connectivity index (χ4n) is 5.97. The van der Waals surface area contributed by atoms with Crippen LogP contribution in [0.5, 0.6) is 5.75 Å². The Morgan fingerprint density at radius 2 is 1.97 bits per heavy atom. The predicted molar refractivity (Wildman–Crippen MR) is 139 cm³/mol. The van der Waals surface area contributed by atoms with E-state index in [1.807, 2.05) is 24.8 Å². The van der Waals surface area contributed by atoms with E-state index in [0.29, 0.717) is 54.0 Å². The van der Waals surface area contributed by atoms with E-state index in [2.05, 4.69) is 0 Å². The number of aliphatic hydroxyl groups is 1. The van der Waals surface area contributed by atoms with Crippen LogP contribution in [0.25, 0.3) is 11.0 Å². The maximum atomic E-state index is 14.0. The highest BCUT2D eigenvalue weighted by molar-refractivity contribution is 5.86. The molecule has 5 rings (SSSR count). The number of rotatable bonds is 6. The van der Waals surface area contributed by atoms with Crippen molar-refractivity contribution in [1.82, 2.24) is 4.90 Å². The summed E-state index contributed by atoms with van der Waals surface area (Å²) in [5.41, 5.74) is 1.78. The molecule has 1 saturated heterocycles. The Morgan fingerprint density at radius 3 is 2.78 bits per heavy atom. The molecule has 2 atom stereocenters. The van der Waals surface area contributed by atoms with E-state index in [1.165, 1.54) is 6.07 Å². The molecule has 196 valence electrons. The zero-order valence-corrected chi connectivity index (χ0v) is 21.5. The second-order valence-electron chi connectivity index (χ2n) is 10.6. The number of halogens is 1. The molecule has 1 saturated carbocycles. The molecule has 0 radical (unpaired) electrons. The molecule has 7 heteroatoms. The molecule has 2 aromatic carbocycles. The lowest BCUT2D eigenvalue weighted by molar-refractivity contribution is -0.143. The third-order valence-electron chi connectivity index (χ3n) is 8.36. The highest BCUT2D eigenvalue weighted by atomic mass is 19.1. The van der Waals surface area contributed by atoms with Gasteiger partial charge in [-0.25, -0.2) is 9.18 Å². The summed E-state index contributed by atoms with van der Waals surface area (Å²) in [6.45, 7) is 4.91. The van der Waals surface area contributed by atoms with Crippen molar-refractivity contribution in [3.8, 4) is 5.75 Å². The summed E-state index contributed by atoms with van der Waals surface area (Å²) in [4.78, 5) is 27.8. The molecule has 3 aromatic rings. The molecule has 6 nitrogen and oxygen atoms in total. The lowest BCUT2D eigenvalue weighted by atomic mass is 9.71. The van der Waals surface area contributed by atoms with Gasteiger partial charge >= 0.3 is 5.63 Å². The van der Waals surface area contributed by atoms with Gasteiger partial charge in [-0.15, -0.1) is 0 Å². The van der Waals surface area contributed by atoms with Gasteiger partial charge < -0.3 is 19.2 Å².